The topological polar surface area (TPSA) is 67.7 Å². The lowest BCUT2D eigenvalue weighted by atomic mass is 10.5. The van der Waals surface area contributed by atoms with Gasteiger partial charge in [-0.1, -0.05) is 0 Å². The summed E-state index contributed by atoms with van der Waals surface area (Å²) >= 11 is 3.11. The Balaban J connectivity index is 2.89. The molecule has 0 aliphatic carbocycles. The molecule has 5 nitrogen and oxygen atoms in total. The Kier molecular flexibility index (Phi) is 1.66. The number of carboxylic acid groups (broad SMARTS) is 1. The van der Waals surface area contributed by atoms with Crippen LogP contribution >= 0.6 is 15.9 Å². The van der Waals surface area contributed by atoms with Gasteiger partial charge in [-0.05, 0) is 22.9 Å². The molecular weight excluding hydrogens is 240 g/mol. The van der Waals surface area contributed by atoms with Crippen molar-refractivity contribution in [3.05, 3.63) is 22.4 Å². The molecule has 68 valence electrons. The lowest BCUT2D eigenvalue weighted by Crippen LogP contribution is -2.03. The summed E-state index contributed by atoms with van der Waals surface area (Å²) in [6.07, 6.45) is 1.48. The van der Waals surface area contributed by atoms with Crippen LogP contribution < -0.4 is 0 Å². The lowest BCUT2D eigenvalue weighted by molar-refractivity contribution is 0.0682. The molecule has 0 radical (unpaired) electrons. The van der Waals surface area contributed by atoms with Crippen LogP contribution in [0.3, 0.4) is 0 Å². The number of hydrogen-bond donors (Lipinski definition) is 1. The van der Waals surface area contributed by atoms with Crippen LogP contribution in [0.1, 0.15) is 16.3 Å². The van der Waals surface area contributed by atoms with E-state index in [1.165, 1.54) is 10.7 Å². The van der Waals surface area contributed by atoms with Crippen molar-refractivity contribution in [2.24, 2.45) is 0 Å². The highest BCUT2D eigenvalue weighted by atomic mass is 79.9. The van der Waals surface area contributed by atoms with Crippen molar-refractivity contribution in [2.75, 3.05) is 0 Å². The maximum Gasteiger partial charge on any atom is 0.372 e. The van der Waals surface area contributed by atoms with Gasteiger partial charge in [-0.2, -0.15) is 0 Å². The number of halogens is 1. The highest BCUT2D eigenvalue weighted by molar-refractivity contribution is 9.10. The number of hydrogen-bond acceptors (Lipinski definition) is 3. The van der Waals surface area contributed by atoms with E-state index in [1.807, 2.05) is 0 Å². The first-order valence-corrected chi connectivity index (χ1v) is 4.26. The average molecular weight is 245 g/mol. The first-order chi connectivity index (χ1) is 6.11. The van der Waals surface area contributed by atoms with E-state index in [0.717, 1.165) is 0 Å². The van der Waals surface area contributed by atoms with Gasteiger partial charge in [-0.3, -0.25) is 4.40 Å². The first kappa shape index (κ1) is 8.31. The smallest absolute Gasteiger partial charge is 0.372 e. The molecule has 0 atom stereocenters. The zero-order valence-corrected chi connectivity index (χ0v) is 8.20. The van der Waals surface area contributed by atoms with Gasteiger partial charge in [0.05, 0.1) is 5.69 Å². The van der Waals surface area contributed by atoms with Crippen molar-refractivity contribution in [1.82, 2.24) is 9.38 Å². The van der Waals surface area contributed by atoms with Crippen LogP contribution in [-0.4, -0.2) is 20.5 Å². The van der Waals surface area contributed by atoms with Crippen molar-refractivity contribution in [1.29, 1.82) is 0 Å². The van der Waals surface area contributed by atoms with Gasteiger partial charge in [-0.25, -0.2) is 9.78 Å². The molecule has 0 spiro atoms. The molecule has 1 N–H and O–H groups in total. The third-order valence-corrected chi connectivity index (χ3v) is 2.20. The molecule has 0 fully saturated rings. The minimum atomic E-state index is -1.08. The lowest BCUT2D eigenvalue weighted by Gasteiger charge is -1.90. The van der Waals surface area contributed by atoms with Crippen molar-refractivity contribution in [3.63, 3.8) is 0 Å². The SMILES string of the molecule is Cc1coc2c(Br)nc(C(=O)O)n12. The number of imidazole rings is 1. The molecule has 0 aliphatic rings. The number of carboxylic acids is 1. The zero-order valence-electron chi connectivity index (χ0n) is 6.61. The first-order valence-electron chi connectivity index (χ1n) is 3.46. The molecule has 0 saturated heterocycles. The maximum absolute atomic E-state index is 10.7. The van der Waals surface area contributed by atoms with E-state index in [9.17, 15) is 4.79 Å². The number of aryl methyl sites for hydroxylation is 1. The molecule has 13 heavy (non-hydrogen) atoms. The Hall–Kier alpha value is -1.30. The molecule has 0 saturated carbocycles. The number of oxazole rings is 1. The van der Waals surface area contributed by atoms with Crippen molar-refractivity contribution < 1.29 is 14.3 Å². The minimum Gasteiger partial charge on any atom is -0.475 e. The van der Waals surface area contributed by atoms with E-state index < -0.39 is 5.97 Å². The third kappa shape index (κ3) is 1.06. The van der Waals surface area contributed by atoms with Gasteiger partial charge in [0, 0.05) is 0 Å². The second-order valence-corrected chi connectivity index (χ2v) is 3.30. The summed E-state index contributed by atoms with van der Waals surface area (Å²) in [5.41, 5.74) is 1.11. The predicted molar refractivity (Wildman–Crippen MR) is 46.9 cm³/mol. The fourth-order valence-corrected chi connectivity index (χ4v) is 1.58. The van der Waals surface area contributed by atoms with Crippen LogP contribution in [0.5, 0.6) is 0 Å². The van der Waals surface area contributed by atoms with Gasteiger partial charge in [-0.15, -0.1) is 0 Å². The van der Waals surface area contributed by atoms with E-state index >= 15 is 0 Å². The minimum absolute atomic E-state index is 0.0480. The number of rotatable bonds is 1. The Bertz CT molecular complexity index is 485. The van der Waals surface area contributed by atoms with Gasteiger partial charge < -0.3 is 9.52 Å². The molecule has 2 aromatic heterocycles. The Morgan fingerprint density at radius 3 is 3.08 bits per heavy atom. The van der Waals surface area contributed by atoms with Crippen LogP contribution in [0.4, 0.5) is 0 Å². The van der Waals surface area contributed by atoms with Crippen LogP contribution in [-0.2, 0) is 0 Å². The monoisotopic (exact) mass is 244 g/mol. The summed E-state index contributed by atoms with van der Waals surface area (Å²) in [4.78, 5) is 14.5. The average Bonchev–Trinajstić information content (AvgIpc) is 2.55. The van der Waals surface area contributed by atoms with Gasteiger partial charge >= 0.3 is 5.97 Å². The molecule has 0 amide bonds. The quantitative estimate of drug-likeness (QED) is 0.830. The summed E-state index contributed by atoms with van der Waals surface area (Å²) in [5, 5.41) is 8.79. The molecule has 0 aromatic carbocycles. The number of aromatic nitrogens is 2. The van der Waals surface area contributed by atoms with Gasteiger partial charge in [0.1, 0.15) is 6.26 Å². The van der Waals surface area contributed by atoms with Crippen LogP contribution in [0.15, 0.2) is 15.3 Å². The summed E-state index contributed by atoms with van der Waals surface area (Å²) < 4.78 is 6.94. The van der Waals surface area contributed by atoms with Crippen LogP contribution in [0.2, 0.25) is 0 Å². The molecule has 0 bridgehead atoms. The van der Waals surface area contributed by atoms with E-state index in [-0.39, 0.29) is 5.82 Å². The zero-order chi connectivity index (χ0) is 9.59. The van der Waals surface area contributed by atoms with Crippen molar-refractivity contribution >= 4 is 27.6 Å². The van der Waals surface area contributed by atoms with Gasteiger partial charge in [0.2, 0.25) is 11.5 Å². The third-order valence-electron chi connectivity index (χ3n) is 1.68. The maximum atomic E-state index is 10.7. The summed E-state index contributed by atoms with van der Waals surface area (Å²) in [5.74, 6) is -1.13. The van der Waals surface area contributed by atoms with Gasteiger partial charge in [0.25, 0.3) is 0 Å². The largest absolute Gasteiger partial charge is 0.475 e. The molecule has 0 aliphatic heterocycles. The van der Waals surface area contributed by atoms with Crippen LogP contribution in [0.25, 0.3) is 5.71 Å². The number of fused-ring (bicyclic) bond motifs is 1. The number of aromatic carboxylic acids is 1. The van der Waals surface area contributed by atoms with E-state index in [4.69, 9.17) is 9.52 Å². The second-order valence-electron chi connectivity index (χ2n) is 2.55. The van der Waals surface area contributed by atoms with E-state index in [0.29, 0.717) is 16.0 Å². The van der Waals surface area contributed by atoms with Crippen LogP contribution in [0, 0.1) is 6.92 Å². The number of nitrogens with zero attached hydrogens (tertiary/aromatic N) is 2. The van der Waals surface area contributed by atoms with Gasteiger partial charge in [0.15, 0.2) is 4.60 Å². The Morgan fingerprint density at radius 1 is 1.77 bits per heavy atom. The standard InChI is InChI=1S/C7H5BrN2O3/c1-3-2-13-6-4(8)9-5(7(11)12)10(3)6/h2H,1H3,(H,11,12). The summed E-state index contributed by atoms with van der Waals surface area (Å²) in [6, 6.07) is 0. The molecular formula is C7H5BrN2O3. The number of carbonyl (C=O) groups is 1. The normalized spacial score (nSPS) is 10.9. The molecule has 0 unspecified atom stereocenters. The van der Waals surface area contributed by atoms with Crippen molar-refractivity contribution in [2.45, 2.75) is 6.92 Å². The molecule has 2 aromatic rings. The Labute approximate surface area is 81.1 Å². The summed E-state index contributed by atoms with van der Waals surface area (Å²) in [6.45, 7) is 1.75. The molecule has 2 heterocycles. The highest BCUT2D eigenvalue weighted by Crippen LogP contribution is 2.21. The van der Waals surface area contributed by atoms with E-state index in [2.05, 4.69) is 20.9 Å². The second kappa shape index (κ2) is 2.59. The Morgan fingerprint density at radius 2 is 2.46 bits per heavy atom. The fourth-order valence-electron chi connectivity index (χ4n) is 1.15. The van der Waals surface area contributed by atoms with E-state index in [1.54, 1.807) is 6.92 Å². The van der Waals surface area contributed by atoms with Crippen molar-refractivity contribution in [3.8, 4) is 0 Å². The predicted octanol–water partition coefficient (Wildman–Crippen LogP) is 1.70. The highest BCUT2D eigenvalue weighted by Gasteiger charge is 2.18. The molecule has 2 rings (SSSR count). The molecule has 6 heteroatoms. The fraction of sp³-hybridized carbons (Fsp3) is 0.143. The summed E-state index contributed by atoms with van der Waals surface area (Å²) in [7, 11) is 0.